The number of allylic oxidation sites excluding steroid dienone is 8. The van der Waals surface area contributed by atoms with E-state index >= 15 is 0 Å². The van der Waals surface area contributed by atoms with Gasteiger partial charge in [-0.3, -0.25) is 0 Å². The Kier molecular flexibility index (Phi) is 26.6. The zero-order valence-corrected chi connectivity index (χ0v) is 31.7. The monoisotopic (exact) mass is 654 g/mol. The molecule has 2 fully saturated rings. The van der Waals surface area contributed by atoms with Crippen molar-refractivity contribution in [2.75, 3.05) is 13.6 Å². The molecule has 0 aromatic rings. The van der Waals surface area contributed by atoms with Gasteiger partial charge in [0.2, 0.25) is 0 Å². The normalized spacial score (nSPS) is 21.0. The first-order chi connectivity index (χ1) is 23.2. The number of nitrogens with one attached hydrogen (secondary N) is 1. The van der Waals surface area contributed by atoms with Crippen LogP contribution in [0, 0.1) is 5.92 Å². The molecule has 1 saturated heterocycles. The van der Waals surface area contributed by atoms with E-state index in [1.54, 1.807) is 0 Å². The van der Waals surface area contributed by atoms with Gasteiger partial charge in [0.1, 0.15) is 0 Å². The fraction of sp³-hybridized carbons (Fsp3) is 0.818. The highest BCUT2D eigenvalue weighted by Gasteiger charge is 2.50. The van der Waals surface area contributed by atoms with E-state index in [-0.39, 0.29) is 5.79 Å². The number of hydrogen-bond donors (Lipinski definition) is 1. The van der Waals surface area contributed by atoms with Gasteiger partial charge < -0.3 is 14.8 Å². The summed E-state index contributed by atoms with van der Waals surface area (Å²) in [7, 11) is 2.07. The van der Waals surface area contributed by atoms with Crippen LogP contribution in [-0.4, -0.2) is 31.6 Å². The molecule has 1 unspecified atom stereocenters. The van der Waals surface area contributed by atoms with Gasteiger partial charge in [-0.25, -0.2) is 0 Å². The summed E-state index contributed by atoms with van der Waals surface area (Å²) in [5.74, 6) is 0.404. The SMILES string of the molecule is CCCCC/C=C\C/C=C\CCCCCCCCC1(CCCCCCCC/C=C\C/C=C\CCCCC)O[C@H]2CC(CNC)C[C@H]2O1. The summed E-state index contributed by atoms with van der Waals surface area (Å²) >= 11 is 0. The molecule has 272 valence electrons. The van der Waals surface area contributed by atoms with Crippen LogP contribution >= 0.6 is 0 Å². The number of unbranched alkanes of at least 4 members (excludes halogenated alkanes) is 18. The van der Waals surface area contributed by atoms with E-state index in [9.17, 15) is 0 Å². The highest BCUT2D eigenvalue weighted by Crippen LogP contribution is 2.45. The number of fused-ring (bicyclic) bond motifs is 1. The van der Waals surface area contributed by atoms with Gasteiger partial charge in [-0.15, -0.1) is 0 Å². The summed E-state index contributed by atoms with van der Waals surface area (Å²) in [6.45, 7) is 5.63. The van der Waals surface area contributed by atoms with E-state index in [0.717, 1.165) is 32.2 Å². The van der Waals surface area contributed by atoms with E-state index < -0.39 is 0 Å². The summed E-state index contributed by atoms with van der Waals surface area (Å²) in [5, 5.41) is 3.37. The molecule has 1 aliphatic heterocycles. The predicted octanol–water partition coefficient (Wildman–Crippen LogP) is 13.5. The van der Waals surface area contributed by atoms with Gasteiger partial charge >= 0.3 is 0 Å². The Morgan fingerprint density at radius 1 is 0.489 bits per heavy atom. The van der Waals surface area contributed by atoms with Crippen LogP contribution in [0.25, 0.3) is 0 Å². The van der Waals surface area contributed by atoms with Crippen molar-refractivity contribution in [1.82, 2.24) is 5.32 Å². The Bertz CT molecular complexity index is 750. The average molecular weight is 654 g/mol. The van der Waals surface area contributed by atoms with Crippen molar-refractivity contribution in [3.8, 4) is 0 Å². The topological polar surface area (TPSA) is 30.5 Å². The zero-order valence-electron chi connectivity index (χ0n) is 31.7. The van der Waals surface area contributed by atoms with Crippen molar-refractivity contribution in [2.24, 2.45) is 5.92 Å². The molecule has 3 atom stereocenters. The van der Waals surface area contributed by atoms with Crippen molar-refractivity contribution in [3.05, 3.63) is 48.6 Å². The minimum Gasteiger partial charge on any atom is -0.344 e. The summed E-state index contributed by atoms with van der Waals surface area (Å²) in [5.41, 5.74) is 0. The molecule has 47 heavy (non-hydrogen) atoms. The molecule has 1 aliphatic carbocycles. The lowest BCUT2D eigenvalue weighted by Gasteiger charge is -2.30. The first-order valence-electron chi connectivity index (χ1n) is 20.8. The molecule has 0 aromatic heterocycles. The van der Waals surface area contributed by atoms with E-state index in [1.807, 2.05) is 0 Å². The summed E-state index contributed by atoms with van der Waals surface area (Å²) < 4.78 is 13.6. The second kappa shape index (κ2) is 29.7. The largest absolute Gasteiger partial charge is 0.344 e. The van der Waals surface area contributed by atoms with Crippen molar-refractivity contribution in [3.63, 3.8) is 0 Å². The van der Waals surface area contributed by atoms with E-state index in [1.165, 1.54) is 154 Å². The molecule has 0 aromatic carbocycles. The summed E-state index contributed by atoms with van der Waals surface area (Å²) in [6.07, 6.45) is 55.1. The molecule has 1 saturated carbocycles. The fourth-order valence-electron chi connectivity index (χ4n) is 7.47. The van der Waals surface area contributed by atoms with Crippen molar-refractivity contribution >= 4 is 0 Å². The van der Waals surface area contributed by atoms with Gasteiger partial charge in [0.15, 0.2) is 5.79 Å². The molecule has 1 heterocycles. The second-order valence-electron chi connectivity index (χ2n) is 14.8. The maximum Gasteiger partial charge on any atom is 0.169 e. The number of ether oxygens (including phenoxy) is 2. The van der Waals surface area contributed by atoms with Gasteiger partial charge in [0, 0.05) is 12.8 Å². The molecule has 3 heteroatoms. The van der Waals surface area contributed by atoms with E-state index in [4.69, 9.17) is 9.47 Å². The van der Waals surface area contributed by atoms with Gasteiger partial charge in [0.05, 0.1) is 12.2 Å². The van der Waals surface area contributed by atoms with Gasteiger partial charge in [0.25, 0.3) is 0 Å². The third-order valence-electron chi connectivity index (χ3n) is 10.3. The smallest absolute Gasteiger partial charge is 0.169 e. The Hall–Kier alpha value is -1.16. The lowest BCUT2D eigenvalue weighted by molar-refractivity contribution is -0.192. The van der Waals surface area contributed by atoms with Gasteiger partial charge in [-0.2, -0.15) is 0 Å². The van der Waals surface area contributed by atoms with Crippen LogP contribution in [0.2, 0.25) is 0 Å². The third-order valence-corrected chi connectivity index (χ3v) is 10.3. The van der Waals surface area contributed by atoms with Crippen LogP contribution in [-0.2, 0) is 9.47 Å². The first kappa shape index (κ1) is 42.0. The Labute approximate surface area is 293 Å². The fourth-order valence-corrected chi connectivity index (χ4v) is 7.47. The quantitative estimate of drug-likeness (QED) is 0.0579. The van der Waals surface area contributed by atoms with Crippen LogP contribution in [0.5, 0.6) is 0 Å². The van der Waals surface area contributed by atoms with Crippen LogP contribution in [0.4, 0.5) is 0 Å². The molecule has 0 spiro atoms. The molecule has 2 aliphatic rings. The maximum atomic E-state index is 6.82. The maximum absolute atomic E-state index is 6.82. The Morgan fingerprint density at radius 2 is 0.851 bits per heavy atom. The van der Waals surface area contributed by atoms with Crippen molar-refractivity contribution < 1.29 is 9.47 Å². The van der Waals surface area contributed by atoms with Crippen LogP contribution in [0.3, 0.4) is 0 Å². The first-order valence-corrected chi connectivity index (χ1v) is 20.8. The van der Waals surface area contributed by atoms with Crippen LogP contribution in [0.15, 0.2) is 48.6 Å². The standard InChI is InChI=1S/C44H79NO2/c1-4-6-8-10-12-14-16-18-20-22-24-26-28-30-32-34-36-44(46-42-38-41(40-45-3)39-43(42)47-44)37-35-33-31-29-27-25-23-21-19-17-15-13-11-9-7-5-2/h12-15,18-21,41-43,45H,4-11,16-17,22-40H2,1-3H3/b14-12-,15-13-,20-18-,21-19-/t41?,42-,43+. The highest BCUT2D eigenvalue weighted by molar-refractivity contribution is 4.95. The van der Waals surface area contributed by atoms with Gasteiger partial charge in [-0.1, -0.05) is 140 Å². The van der Waals surface area contributed by atoms with Gasteiger partial charge in [-0.05, 0) is 109 Å². The van der Waals surface area contributed by atoms with E-state index in [0.29, 0.717) is 18.1 Å². The highest BCUT2D eigenvalue weighted by atomic mass is 16.8. The van der Waals surface area contributed by atoms with Crippen molar-refractivity contribution in [2.45, 2.75) is 212 Å². The third kappa shape index (κ3) is 21.5. The van der Waals surface area contributed by atoms with Crippen LogP contribution in [0.1, 0.15) is 194 Å². The summed E-state index contributed by atoms with van der Waals surface area (Å²) in [4.78, 5) is 0. The molecule has 0 radical (unpaired) electrons. The molecule has 0 bridgehead atoms. The Balaban J connectivity index is 1.55. The lowest BCUT2D eigenvalue weighted by atomic mass is 9.98. The molecule has 1 N–H and O–H groups in total. The molecule has 0 amide bonds. The minimum atomic E-state index is -0.301. The zero-order chi connectivity index (χ0) is 33.5. The average Bonchev–Trinajstić information content (AvgIpc) is 3.60. The predicted molar refractivity (Wildman–Crippen MR) is 207 cm³/mol. The summed E-state index contributed by atoms with van der Waals surface area (Å²) in [6, 6.07) is 0. The molecular formula is C44H79NO2. The number of hydrogen-bond acceptors (Lipinski definition) is 3. The molecular weight excluding hydrogens is 574 g/mol. The number of rotatable bonds is 32. The lowest BCUT2D eigenvalue weighted by Crippen LogP contribution is -2.33. The van der Waals surface area contributed by atoms with E-state index in [2.05, 4.69) is 74.8 Å². The van der Waals surface area contributed by atoms with Crippen LogP contribution < -0.4 is 5.32 Å². The second-order valence-corrected chi connectivity index (χ2v) is 14.8. The molecule has 3 nitrogen and oxygen atoms in total. The minimum absolute atomic E-state index is 0.301. The van der Waals surface area contributed by atoms with Crippen molar-refractivity contribution in [1.29, 1.82) is 0 Å². The molecule has 2 rings (SSSR count). The Morgan fingerprint density at radius 3 is 1.23 bits per heavy atom.